The molecule has 2 aromatic carbocycles. The largest absolute Gasteiger partial charge is 0.497 e. The number of methoxy groups -OCH3 is 1. The van der Waals surface area contributed by atoms with E-state index in [4.69, 9.17) is 9.47 Å². The molecule has 0 aliphatic heterocycles. The third kappa shape index (κ3) is 5.05. The highest BCUT2D eigenvalue weighted by Crippen LogP contribution is 2.15. The Kier molecular flexibility index (Phi) is 5.83. The molecular formula is C17H15F2NO4. The summed E-state index contributed by atoms with van der Waals surface area (Å²) < 4.78 is 36.2. The molecule has 1 amide bonds. The standard InChI is InChI=1S/C17H15F2NO4/c1-23-13-5-2-11(3-6-13)8-17(22)24-10-16(21)20-15-9-12(18)4-7-14(15)19/h2-7,9H,8,10H2,1H3,(H,20,21). The van der Waals surface area contributed by atoms with E-state index in [9.17, 15) is 18.4 Å². The lowest BCUT2D eigenvalue weighted by atomic mass is 10.1. The van der Waals surface area contributed by atoms with Gasteiger partial charge in [-0.2, -0.15) is 0 Å². The maximum Gasteiger partial charge on any atom is 0.310 e. The number of carbonyl (C=O) groups excluding carboxylic acids is 2. The van der Waals surface area contributed by atoms with Crippen LogP contribution < -0.4 is 10.1 Å². The number of amides is 1. The highest BCUT2D eigenvalue weighted by atomic mass is 19.1. The molecule has 0 unspecified atom stereocenters. The average molecular weight is 335 g/mol. The maximum atomic E-state index is 13.4. The summed E-state index contributed by atoms with van der Waals surface area (Å²) in [5.41, 5.74) is 0.378. The fourth-order valence-corrected chi connectivity index (χ4v) is 1.89. The summed E-state index contributed by atoms with van der Waals surface area (Å²) in [5, 5.41) is 2.14. The van der Waals surface area contributed by atoms with E-state index in [-0.39, 0.29) is 12.1 Å². The molecule has 0 bridgehead atoms. The van der Waals surface area contributed by atoms with Crippen LogP contribution in [0.5, 0.6) is 5.75 Å². The second kappa shape index (κ2) is 8.05. The van der Waals surface area contributed by atoms with E-state index in [0.717, 1.165) is 18.2 Å². The van der Waals surface area contributed by atoms with Crippen molar-refractivity contribution >= 4 is 17.6 Å². The number of hydrogen-bond donors (Lipinski definition) is 1. The Bertz CT molecular complexity index is 732. The summed E-state index contributed by atoms with van der Waals surface area (Å²) in [5.74, 6) is -2.20. The second-order valence-corrected chi connectivity index (χ2v) is 4.86. The molecule has 0 spiro atoms. The molecule has 7 heteroatoms. The van der Waals surface area contributed by atoms with E-state index >= 15 is 0 Å². The van der Waals surface area contributed by atoms with Gasteiger partial charge in [0.25, 0.3) is 5.91 Å². The molecule has 0 aromatic heterocycles. The molecule has 0 heterocycles. The van der Waals surface area contributed by atoms with Gasteiger partial charge in [0.15, 0.2) is 6.61 Å². The van der Waals surface area contributed by atoms with Gasteiger partial charge in [-0.3, -0.25) is 9.59 Å². The van der Waals surface area contributed by atoms with Gasteiger partial charge >= 0.3 is 5.97 Å². The van der Waals surface area contributed by atoms with Crippen molar-refractivity contribution in [3.8, 4) is 5.75 Å². The Morgan fingerprint density at radius 3 is 2.46 bits per heavy atom. The zero-order valence-corrected chi connectivity index (χ0v) is 12.8. The van der Waals surface area contributed by atoms with Gasteiger partial charge in [-0.1, -0.05) is 12.1 Å². The number of esters is 1. The van der Waals surface area contributed by atoms with E-state index in [1.54, 1.807) is 24.3 Å². The van der Waals surface area contributed by atoms with Gasteiger partial charge in [-0.15, -0.1) is 0 Å². The first-order chi connectivity index (χ1) is 11.5. The lowest BCUT2D eigenvalue weighted by molar-refractivity contribution is -0.146. The van der Waals surface area contributed by atoms with Crippen LogP contribution in [0.1, 0.15) is 5.56 Å². The van der Waals surface area contributed by atoms with Crippen molar-refractivity contribution < 1.29 is 27.8 Å². The monoisotopic (exact) mass is 335 g/mol. The minimum Gasteiger partial charge on any atom is -0.497 e. The third-order valence-electron chi connectivity index (χ3n) is 3.07. The number of hydrogen-bond acceptors (Lipinski definition) is 4. The van der Waals surface area contributed by atoms with E-state index in [0.29, 0.717) is 11.3 Å². The summed E-state index contributed by atoms with van der Waals surface area (Å²) in [6.07, 6.45) is -0.0222. The molecule has 0 fully saturated rings. The fourth-order valence-electron chi connectivity index (χ4n) is 1.89. The summed E-state index contributed by atoms with van der Waals surface area (Å²) in [6, 6.07) is 9.45. The number of carbonyl (C=O) groups is 2. The van der Waals surface area contributed by atoms with Gasteiger partial charge < -0.3 is 14.8 Å². The molecule has 2 rings (SSSR count). The first kappa shape index (κ1) is 17.4. The van der Waals surface area contributed by atoms with Crippen LogP contribution in [0.25, 0.3) is 0 Å². The molecule has 5 nitrogen and oxygen atoms in total. The molecule has 0 aliphatic rings. The Morgan fingerprint density at radius 1 is 1.08 bits per heavy atom. The molecule has 0 aliphatic carbocycles. The molecule has 126 valence electrons. The fraction of sp³-hybridized carbons (Fsp3) is 0.176. The normalized spacial score (nSPS) is 10.1. The van der Waals surface area contributed by atoms with Crippen LogP contribution in [0, 0.1) is 11.6 Å². The molecule has 24 heavy (non-hydrogen) atoms. The molecule has 0 atom stereocenters. The van der Waals surface area contributed by atoms with Crippen LogP contribution in [0.4, 0.5) is 14.5 Å². The first-order valence-electron chi connectivity index (χ1n) is 7.01. The van der Waals surface area contributed by atoms with Crippen molar-refractivity contribution in [2.24, 2.45) is 0 Å². The summed E-state index contributed by atoms with van der Waals surface area (Å²) in [7, 11) is 1.53. The summed E-state index contributed by atoms with van der Waals surface area (Å²) >= 11 is 0. The molecule has 1 N–H and O–H groups in total. The van der Waals surface area contributed by atoms with E-state index in [1.807, 2.05) is 0 Å². The van der Waals surface area contributed by atoms with Gasteiger partial charge in [-0.05, 0) is 29.8 Å². The quantitative estimate of drug-likeness (QED) is 0.825. The van der Waals surface area contributed by atoms with Crippen molar-refractivity contribution in [3.63, 3.8) is 0 Å². The van der Waals surface area contributed by atoms with Crippen LogP contribution >= 0.6 is 0 Å². The second-order valence-electron chi connectivity index (χ2n) is 4.86. The molecule has 0 radical (unpaired) electrons. The van der Waals surface area contributed by atoms with Gasteiger partial charge in [-0.25, -0.2) is 8.78 Å². The minimum atomic E-state index is -0.783. The van der Waals surface area contributed by atoms with E-state index < -0.39 is 30.1 Å². The molecular weight excluding hydrogens is 320 g/mol. The highest BCUT2D eigenvalue weighted by Gasteiger charge is 2.11. The smallest absolute Gasteiger partial charge is 0.310 e. The van der Waals surface area contributed by atoms with Crippen molar-refractivity contribution in [1.82, 2.24) is 0 Å². The predicted molar refractivity (Wildman–Crippen MR) is 82.6 cm³/mol. The zero-order valence-electron chi connectivity index (χ0n) is 12.8. The average Bonchev–Trinajstić information content (AvgIpc) is 2.57. The Hall–Kier alpha value is -2.96. The van der Waals surface area contributed by atoms with E-state index in [2.05, 4.69) is 5.32 Å². The number of benzene rings is 2. The summed E-state index contributed by atoms with van der Waals surface area (Å²) in [6.45, 7) is -0.592. The van der Waals surface area contributed by atoms with Crippen molar-refractivity contribution in [2.75, 3.05) is 19.0 Å². The minimum absolute atomic E-state index is 0.0222. The van der Waals surface area contributed by atoms with Crippen molar-refractivity contribution in [3.05, 3.63) is 59.7 Å². The Labute approximate surface area is 137 Å². The lowest BCUT2D eigenvalue weighted by Gasteiger charge is -2.08. The predicted octanol–water partition coefficient (Wildman–Crippen LogP) is 2.70. The van der Waals surface area contributed by atoms with Crippen LogP contribution in [0.2, 0.25) is 0 Å². The van der Waals surface area contributed by atoms with Crippen molar-refractivity contribution in [1.29, 1.82) is 0 Å². The van der Waals surface area contributed by atoms with Crippen molar-refractivity contribution in [2.45, 2.75) is 6.42 Å². The number of halogens is 2. The molecule has 2 aromatic rings. The number of anilines is 1. The number of rotatable bonds is 6. The first-order valence-corrected chi connectivity index (χ1v) is 7.01. The lowest BCUT2D eigenvalue weighted by Crippen LogP contribution is -2.22. The molecule has 0 saturated carbocycles. The van der Waals surface area contributed by atoms with Crippen LogP contribution in [0.15, 0.2) is 42.5 Å². The Morgan fingerprint density at radius 2 is 1.79 bits per heavy atom. The Balaban J connectivity index is 1.82. The van der Waals surface area contributed by atoms with Gasteiger partial charge in [0.05, 0.1) is 19.2 Å². The van der Waals surface area contributed by atoms with E-state index in [1.165, 1.54) is 7.11 Å². The highest BCUT2D eigenvalue weighted by molar-refractivity contribution is 5.93. The summed E-state index contributed by atoms with van der Waals surface area (Å²) in [4.78, 5) is 23.3. The van der Waals surface area contributed by atoms with Gasteiger partial charge in [0.1, 0.15) is 17.4 Å². The maximum absolute atomic E-state index is 13.4. The molecule has 0 saturated heterocycles. The van der Waals surface area contributed by atoms with Gasteiger partial charge in [0, 0.05) is 6.07 Å². The third-order valence-corrected chi connectivity index (χ3v) is 3.07. The van der Waals surface area contributed by atoms with Crippen LogP contribution in [0.3, 0.4) is 0 Å². The van der Waals surface area contributed by atoms with Crippen LogP contribution in [-0.2, 0) is 20.7 Å². The topological polar surface area (TPSA) is 64.6 Å². The van der Waals surface area contributed by atoms with Gasteiger partial charge in [0.2, 0.25) is 0 Å². The number of nitrogens with one attached hydrogen (secondary N) is 1. The SMILES string of the molecule is COc1ccc(CC(=O)OCC(=O)Nc2cc(F)ccc2F)cc1. The zero-order chi connectivity index (χ0) is 17.5. The van der Waals surface area contributed by atoms with Crippen LogP contribution in [-0.4, -0.2) is 25.6 Å². The number of ether oxygens (including phenoxy) is 2.